The Labute approximate surface area is 127 Å². The second kappa shape index (κ2) is 10.5. The second-order valence-corrected chi connectivity index (χ2v) is 4.86. The molecule has 1 unspecified atom stereocenters. The molecule has 0 heterocycles. The zero-order valence-electron chi connectivity index (χ0n) is 12.2. The molecule has 0 saturated heterocycles. The summed E-state index contributed by atoms with van der Waals surface area (Å²) in [5, 5.41) is 2.87. The number of amides is 1. The number of nitrogens with two attached hydrogens (primary N) is 1. The maximum Gasteiger partial charge on any atom is 0.220 e. The lowest BCUT2D eigenvalue weighted by Gasteiger charge is -2.11. The highest BCUT2D eigenvalue weighted by molar-refractivity contribution is 5.85. The summed E-state index contributed by atoms with van der Waals surface area (Å²) in [7, 11) is 0. The van der Waals surface area contributed by atoms with Crippen LogP contribution >= 0.6 is 12.4 Å². The third-order valence-corrected chi connectivity index (χ3v) is 2.95. The van der Waals surface area contributed by atoms with Crippen molar-refractivity contribution < 1.29 is 9.53 Å². The van der Waals surface area contributed by atoms with Crippen molar-refractivity contribution in [3.63, 3.8) is 0 Å². The Morgan fingerprint density at radius 2 is 2.10 bits per heavy atom. The van der Waals surface area contributed by atoms with Gasteiger partial charge in [0.2, 0.25) is 5.91 Å². The molecule has 0 aromatic heterocycles. The standard InChI is InChI=1S/C15H24N2O2.ClH/c1-12(10-16)11-17-15(18)8-5-9-19-14-7-4-3-6-13(14)2;/h3-4,6-7,12H,5,8-11,16H2,1-2H3,(H,17,18);1H. The van der Waals surface area contributed by atoms with Gasteiger partial charge in [-0.25, -0.2) is 0 Å². The molecule has 114 valence electrons. The Morgan fingerprint density at radius 3 is 2.75 bits per heavy atom. The smallest absolute Gasteiger partial charge is 0.220 e. The van der Waals surface area contributed by atoms with Crippen LogP contribution in [0.1, 0.15) is 25.3 Å². The molecule has 1 aromatic carbocycles. The van der Waals surface area contributed by atoms with Crippen LogP contribution in [-0.4, -0.2) is 25.6 Å². The fraction of sp³-hybridized carbons (Fsp3) is 0.533. The topological polar surface area (TPSA) is 64.3 Å². The maximum absolute atomic E-state index is 11.5. The van der Waals surface area contributed by atoms with Crippen LogP contribution in [0.15, 0.2) is 24.3 Å². The Bertz CT molecular complexity index is 399. The number of para-hydroxylation sites is 1. The quantitative estimate of drug-likeness (QED) is 0.724. The summed E-state index contributed by atoms with van der Waals surface area (Å²) in [6.07, 6.45) is 1.21. The van der Waals surface area contributed by atoms with E-state index in [1.807, 2.05) is 38.1 Å². The highest BCUT2D eigenvalue weighted by Crippen LogP contribution is 2.16. The third kappa shape index (κ3) is 7.36. The SMILES string of the molecule is Cc1ccccc1OCCCC(=O)NCC(C)CN.Cl. The van der Waals surface area contributed by atoms with Crippen molar-refractivity contribution in [2.24, 2.45) is 11.7 Å². The first-order chi connectivity index (χ1) is 9.13. The predicted molar refractivity (Wildman–Crippen MR) is 84.4 cm³/mol. The minimum atomic E-state index is 0. The highest BCUT2D eigenvalue weighted by Gasteiger charge is 2.04. The van der Waals surface area contributed by atoms with Gasteiger partial charge in [0, 0.05) is 13.0 Å². The summed E-state index contributed by atoms with van der Waals surface area (Å²) in [6.45, 7) is 5.83. The molecule has 3 N–H and O–H groups in total. The van der Waals surface area contributed by atoms with E-state index in [0.29, 0.717) is 32.0 Å². The van der Waals surface area contributed by atoms with Gasteiger partial charge in [-0.15, -0.1) is 12.4 Å². The van der Waals surface area contributed by atoms with E-state index in [-0.39, 0.29) is 18.3 Å². The third-order valence-electron chi connectivity index (χ3n) is 2.95. The second-order valence-electron chi connectivity index (χ2n) is 4.86. The Balaban J connectivity index is 0.00000361. The number of hydrogen-bond donors (Lipinski definition) is 2. The van der Waals surface area contributed by atoms with Crippen molar-refractivity contribution in [3.05, 3.63) is 29.8 Å². The lowest BCUT2D eigenvalue weighted by molar-refractivity contribution is -0.121. The van der Waals surface area contributed by atoms with E-state index in [1.54, 1.807) is 0 Å². The number of benzene rings is 1. The number of rotatable bonds is 8. The number of halogens is 1. The van der Waals surface area contributed by atoms with Crippen LogP contribution in [0.25, 0.3) is 0 Å². The number of carbonyl (C=O) groups excluding carboxylic acids is 1. The van der Waals surface area contributed by atoms with E-state index in [1.165, 1.54) is 0 Å². The van der Waals surface area contributed by atoms with Gasteiger partial charge in [-0.3, -0.25) is 4.79 Å². The minimum Gasteiger partial charge on any atom is -0.493 e. The van der Waals surface area contributed by atoms with Crippen molar-refractivity contribution >= 4 is 18.3 Å². The first kappa shape index (κ1) is 18.7. The first-order valence-corrected chi connectivity index (χ1v) is 6.78. The van der Waals surface area contributed by atoms with Crippen LogP contribution in [0.4, 0.5) is 0 Å². The lowest BCUT2D eigenvalue weighted by Crippen LogP contribution is -2.31. The minimum absolute atomic E-state index is 0. The fourth-order valence-electron chi connectivity index (χ4n) is 1.59. The number of carbonyl (C=O) groups is 1. The van der Waals surface area contributed by atoms with Gasteiger partial charge in [0.05, 0.1) is 6.61 Å². The highest BCUT2D eigenvalue weighted by atomic mass is 35.5. The maximum atomic E-state index is 11.5. The summed E-state index contributed by atoms with van der Waals surface area (Å²) in [4.78, 5) is 11.5. The molecule has 1 atom stereocenters. The van der Waals surface area contributed by atoms with Crippen molar-refractivity contribution in [2.45, 2.75) is 26.7 Å². The monoisotopic (exact) mass is 300 g/mol. The normalized spacial score (nSPS) is 11.3. The van der Waals surface area contributed by atoms with Gasteiger partial charge in [-0.2, -0.15) is 0 Å². The fourth-order valence-corrected chi connectivity index (χ4v) is 1.59. The van der Waals surface area contributed by atoms with E-state index in [9.17, 15) is 4.79 Å². The van der Waals surface area contributed by atoms with E-state index >= 15 is 0 Å². The summed E-state index contributed by atoms with van der Waals surface area (Å²) in [5.74, 6) is 1.28. The molecule has 0 spiro atoms. The number of aryl methyl sites for hydroxylation is 1. The molecule has 20 heavy (non-hydrogen) atoms. The van der Waals surface area contributed by atoms with E-state index in [4.69, 9.17) is 10.5 Å². The van der Waals surface area contributed by atoms with Crippen LogP contribution in [0.3, 0.4) is 0 Å². The van der Waals surface area contributed by atoms with E-state index < -0.39 is 0 Å². The Kier molecular flexibility index (Phi) is 9.86. The van der Waals surface area contributed by atoms with Gasteiger partial charge in [0.25, 0.3) is 0 Å². The van der Waals surface area contributed by atoms with E-state index in [2.05, 4.69) is 5.32 Å². The van der Waals surface area contributed by atoms with Gasteiger partial charge in [-0.05, 0) is 37.4 Å². The molecule has 0 aliphatic heterocycles. The number of ether oxygens (including phenoxy) is 1. The van der Waals surface area contributed by atoms with Crippen molar-refractivity contribution in [1.82, 2.24) is 5.32 Å². The lowest BCUT2D eigenvalue weighted by atomic mass is 10.2. The molecule has 4 nitrogen and oxygen atoms in total. The molecule has 0 saturated carbocycles. The zero-order chi connectivity index (χ0) is 14.1. The number of nitrogens with one attached hydrogen (secondary N) is 1. The van der Waals surface area contributed by atoms with Crippen LogP contribution in [-0.2, 0) is 4.79 Å². The molecule has 0 aliphatic carbocycles. The molecule has 1 aromatic rings. The van der Waals surface area contributed by atoms with Crippen LogP contribution in [0.2, 0.25) is 0 Å². The molecular weight excluding hydrogens is 276 g/mol. The van der Waals surface area contributed by atoms with Crippen molar-refractivity contribution in [3.8, 4) is 5.75 Å². The average Bonchev–Trinajstić information content (AvgIpc) is 2.42. The van der Waals surface area contributed by atoms with Crippen LogP contribution in [0, 0.1) is 12.8 Å². The molecule has 0 radical (unpaired) electrons. The Hall–Kier alpha value is -1.26. The largest absolute Gasteiger partial charge is 0.493 e. The van der Waals surface area contributed by atoms with Gasteiger partial charge in [-0.1, -0.05) is 25.1 Å². The van der Waals surface area contributed by atoms with Gasteiger partial charge in [0.1, 0.15) is 5.75 Å². The summed E-state index contributed by atoms with van der Waals surface area (Å²) >= 11 is 0. The average molecular weight is 301 g/mol. The van der Waals surface area contributed by atoms with E-state index in [0.717, 1.165) is 17.7 Å². The summed E-state index contributed by atoms with van der Waals surface area (Å²) in [6, 6.07) is 7.88. The summed E-state index contributed by atoms with van der Waals surface area (Å²) in [5.41, 5.74) is 6.60. The van der Waals surface area contributed by atoms with Gasteiger partial charge >= 0.3 is 0 Å². The van der Waals surface area contributed by atoms with Crippen molar-refractivity contribution in [1.29, 1.82) is 0 Å². The molecular formula is C15H25ClN2O2. The predicted octanol–water partition coefficient (Wildman–Crippen LogP) is 2.29. The molecule has 1 amide bonds. The molecule has 0 aliphatic rings. The Morgan fingerprint density at radius 1 is 1.40 bits per heavy atom. The zero-order valence-corrected chi connectivity index (χ0v) is 13.0. The van der Waals surface area contributed by atoms with Gasteiger partial charge in [0.15, 0.2) is 0 Å². The molecule has 5 heteroatoms. The van der Waals surface area contributed by atoms with Crippen molar-refractivity contribution in [2.75, 3.05) is 19.7 Å². The number of hydrogen-bond acceptors (Lipinski definition) is 3. The summed E-state index contributed by atoms with van der Waals surface area (Å²) < 4.78 is 5.63. The molecule has 1 rings (SSSR count). The first-order valence-electron chi connectivity index (χ1n) is 6.78. The molecule has 0 bridgehead atoms. The molecule has 0 fully saturated rings. The van der Waals surface area contributed by atoms with Gasteiger partial charge < -0.3 is 15.8 Å². The van der Waals surface area contributed by atoms with Crippen LogP contribution in [0.5, 0.6) is 5.75 Å². The van der Waals surface area contributed by atoms with Crippen LogP contribution < -0.4 is 15.8 Å².